The molecule has 7 heteroatoms. The molecule has 1 heterocycles. The van der Waals surface area contributed by atoms with Crippen LogP contribution in [0.5, 0.6) is 0 Å². The van der Waals surface area contributed by atoms with Gasteiger partial charge in [-0.2, -0.15) is 18.2 Å². The summed E-state index contributed by atoms with van der Waals surface area (Å²) in [5, 5.41) is 1.11. The monoisotopic (exact) mass is 379 g/mol. The lowest BCUT2D eigenvalue weighted by Gasteiger charge is -2.35. The van der Waals surface area contributed by atoms with Crippen LogP contribution in [0.4, 0.5) is 13.2 Å². The van der Waals surface area contributed by atoms with Gasteiger partial charge in [-0.05, 0) is 18.1 Å². The Morgan fingerprint density at radius 1 is 1.11 bits per heavy atom. The highest BCUT2D eigenvalue weighted by atomic mass is 19.4. The molecule has 1 fully saturated rings. The standard InChI is InChI=1S/C20H20F3NO3/c1-3-26-18(25)16-17(14-10-6-4-7-11-14)24(2)27-19(16,20(21,22)23)15-12-8-5-9-13-15/h4-13,16-17H,3H2,1-2H3. The quantitative estimate of drug-likeness (QED) is 0.745. The van der Waals surface area contributed by atoms with E-state index in [1.807, 2.05) is 0 Å². The summed E-state index contributed by atoms with van der Waals surface area (Å²) in [4.78, 5) is 18.2. The minimum absolute atomic E-state index is 0.0245. The number of carbonyl (C=O) groups excluding carboxylic acids is 1. The summed E-state index contributed by atoms with van der Waals surface area (Å²) in [5.41, 5.74) is -2.43. The summed E-state index contributed by atoms with van der Waals surface area (Å²) in [6.07, 6.45) is -4.84. The first-order valence-corrected chi connectivity index (χ1v) is 8.58. The SMILES string of the molecule is CCOC(=O)C1C(c2ccccc2)N(C)OC1(c1ccccc1)C(F)(F)F. The van der Waals surface area contributed by atoms with Crippen molar-refractivity contribution in [2.24, 2.45) is 5.92 Å². The van der Waals surface area contributed by atoms with E-state index in [4.69, 9.17) is 9.57 Å². The van der Waals surface area contributed by atoms with Gasteiger partial charge in [0.05, 0.1) is 12.6 Å². The van der Waals surface area contributed by atoms with E-state index in [-0.39, 0.29) is 12.2 Å². The Morgan fingerprint density at radius 3 is 2.19 bits per heavy atom. The molecule has 1 aliphatic heterocycles. The Labute approximate surface area is 155 Å². The predicted molar refractivity (Wildman–Crippen MR) is 92.3 cm³/mol. The van der Waals surface area contributed by atoms with Crippen molar-refractivity contribution in [1.29, 1.82) is 0 Å². The molecule has 0 aliphatic carbocycles. The molecule has 0 saturated carbocycles. The number of nitrogens with zero attached hydrogens (tertiary/aromatic N) is 1. The van der Waals surface area contributed by atoms with Gasteiger partial charge in [0, 0.05) is 7.05 Å². The molecule has 2 aromatic rings. The molecule has 3 atom stereocenters. The molecule has 0 bridgehead atoms. The first-order valence-electron chi connectivity index (χ1n) is 8.58. The topological polar surface area (TPSA) is 38.8 Å². The van der Waals surface area contributed by atoms with E-state index in [0.29, 0.717) is 5.56 Å². The van der Waals surface area contributed by atoms with Gasteiger partial charge in [0.25, 0.3) is 0 Å². The van der Waals surface area contributed by atoms with E-state index in [9.17, 15) is 18.0 Å². The molecule has 4 nitrogen and oxygen atoms in total. The average Bonchev–Trinajstić information content (AvgIpc) is 2.97. The second-order valence-electron chi connectivity index (χ2n) is 6.32. The van der Waals surface area contributed by atoms with Crippen molar-refractivity contribution in [3.63, 3.8) is 0 Å². The number of benzene rings is 2. The largest absolute Gasteiger partial charge is 0.466 e. The van der Waals surface area contributed by atoms with Gasteiger partial charge in [0.2, 0.25) is 5.60 Å². The molecular weight excluding hydrogens is 359 g/mol. The molecule has 3 rings (SSSR count). The van der Waals surface area contributed by atoms with Crippen LogP contribution in [0.1, 0.15) is 24.1 Å². The maximum absolute atomic E-state index is 14.5. The number of esters is 1. The van der Waals surface area contributed by atoms with E-state index < -0.39 is 29.7 Å². The van der Waals surface area contributed by atoms with Crippen molar-refractivity contribution < 1.29 is 27.5 Å². The predicted octanol–water partition coefficient (Wildman–Crippen LogP) is 4.24. The second-order valence-corrected chi connectivity index (χ2v) is 6.32. The lowest BCUT2D eigenvalue weighted by Crippen LogP contribution is -2.51. The van der Waals surface area contributed by atoms with Crippen LogP contribution in [-0.4, -0.2) is 30.9 Å². The molecule has 27 heavy (non-hydrogen) atoms. The zero-order valence-electron chi connectivity index (χ0n) is 14.9. The number of hydrogen-bond donors (Lipinski definition) is 0. The van der Waals surface area contributed by atoms with Crippen LogP contribution in [0, 0.1) is 5.92 Å². The lowest BCUT2D eigenvalue weighted by atomic mass is 9.75. The molecule has 3 unspecified atom stereocenters. The summed E-state index contributed by atoms with van der Waals surface area (Å²) >= 11 is 0. The third kappa shape index (κ3) is 3.21. The zero-order valence-corrected chi connectivity index (χ0v) is 14.9. The first-order chi connectivity index (χ1) is 12.8. The molecule has 144 valence electrons. The zero-order chi connectivity index (χ0) is 19.7. The number of hydrogen-bond acceptors (Lipinski definition) is 4. The molecule has 0 spiro atoms. The molecular formula is C20H20F3NO3. The van der Waals surface area contributed by atoms with E-state index >= 15 is 0 Å². The van der Waals surface area contributed by atoms with E-state index in [1.54, 1.807) is 43.3 Å². The van der Waals surface area contributed by atoms with Gasteiger partial charge in [-0.3, -0.25) is 9.63 Å². The van der Waals surface area contributed by atoms with Crippen LogP contribution in [0.25, 0.3) is 0 Å². The lowest BCUT2D eigenvalue weighted by molar-refractivity contribution is -0.329. The van der Waals surface area contributed by atoms with Crippen molar-refractivity contribution >= 4 is 5.97 Å². The molecule has 1 saturated heterocycles. The Morgan fingerprint density at radius 2 is 1.67 bits per heavy atom. The number of hydroxylamine groups is 2. The van der Waals surface area contributed by atoms with Gasteiger partial charge in [-0.1, -0.05) is 60.7 Å². The summed E-state index contributed by atoms with van der Waals surface area (Å²) in [5.74, 6) is -2.57. The number of ether oxygens (including phenoxy) is 1. The van der Waals surface area contributed by atoms with E-state index in [1.165, 1.54) is 31.3 Å². The number of carbonyl (C=O) groups is 1. The van der Waals surface area contributed by atoms with Crippen LogP contribution in [-0.2, 0) is 20.0 Å². The molecule has 0 amide bonds. The summed E-state index contributed by atoms with van der Waals surface area (Å²) in [6.45, 7) is 1.54. The molecule has 0 radical (unpaired) electrons. The van der Waals surface area contributed by atoms with Crippen molar-refractivity contribution in [1.82, 2.24) is 5.06 Å². The van der Waals surface area contributed by atoms with Gasteiger partial charge in [-0.25, -0.2) is 0 Å². The van der Waals surface area contributed by atoms with Crippen LogP contribution < -0.4 is 0 Å². The van der Waals surface area contributed by atoms with Crippen molar-refractivity contribution in [2.75, 3.05) is 13.7 Å². The fourth-order valence-corrected chi connectivity index (χ4v) is 3.66. The highest BCUT2D eigenvalue weighted by Gasteiger charge is 2.72. The Bertz CT molecular complexity index is 782. The maximum atomic E-state index is 14.5. The maximum Gasteiger partial charge on any atom is 0.424 e. The van der Waals surface area contributed by atoms with Crippen molar-refractivity contribution in [2.45, 2.75) is 24.7 Å². The van der Waals surface area contributed by atoms with Gasteiger partial charge >= 0.3 is 12.1 Å². The summed E-state index contributed by atoms with van der Waals surface area (Å²) < 4.78 is 48.4. The fraction of sp³-hybridized carbons (Fsp3) is 0.350. The molecule has 1 aliphatic rings. The number of rotatable bonds is 4. The molecule has 0 N–H and O–H groups in total. The Kier molecular flexibility index (Phi) is 5.26. The Hall–Kier alpha value is -2.38. The molecule has 0 aromatic heterocycles. The summed E-state index contributed by atoms with van der Waals surface area (Å²) in [6, 6.07) is 14.8. The highest BCUT2D eigenvalue weighted by molar-refractivity contribution is 5.76. The third-order valence-electron chi connectivity index (χ3n) is 4.74. The molecule has 2 aromatic carbocycles. The minimum atomic E-state index is -4.84. The van der Waals surface area contributed by atoms with Gasteiger partial charge in [0.15, 0.2) is 0 Å². The van der Waals surface area contributed by atoms with E-state index in [0.717, 1.165) is 5.06 Å². The van der Waals surface area contributed by atoms with Crippen LogP contribution >= 0.6 is 0 Å². The van der Waals surface area contributed by atoms with Gasteiger partial charge < -0.3 is 4.74 Å². The van der Waals surface area contributed by atoms with Gasteiger partial charge in [0.1, 0.15) is 5.92 Å². The van der Waals surface area contributed by atoms with Crippen LogP contribution in [0.3, 0.4) is 0 Å². The second kappa shape index (κ2) is 7.32. The van der Waals surface area contributed by atoms with Crippen LogP contribution in [0.2, 0.25) is 0 Å². The van der Waals surface area contributed by atoms with Crippen molar-refractivity contribution in [3.8, 4) is 0 Å². The normalized spacial score (nSPS) is 26.1. The highest BCUT2D eigenvalue weighted by Crippen LogP contribution is 2.58. The van der Waals surface area contributed by atoms with Gasteiger partial charge in [-0.15, -0.1) is 0 Å². The smallest absolute Gasteiger partial charge is 0.424 e. The Balaban J connectivity index is 2.24. The summed E-state index contributed by atoms with van der Waals surface area (Å²) in [7, 11) is 1.40. The van der Waals surface area contributed by atoms with Crippen LogP contribution in [0.15, 0.2) is 60.7 Å². The number of alkyl halides is 3. The van der Waals surface area contributed by atoms with Crippen molar-refractivity contribution in [3.05, 3.63) is 71.8 Å². The fourth-order valence-electron chi connectivity index (χ4n) is 3.66. The average molecular weight is 379 g/mol. The first kappa shape index (κ1) is 19.4. The third-order valence-corrected chi connectivity index (χ3v) is 4.74. The number of halogens is 3. The van der Waals surface area contributed by atoms with E-state index in [2.05, 4.69) is 0 Å². The minimum Gasteiger partial charge on any atom is -0.466 e.